The lowest BCUT2D eigenvalue weighted by molar-refractivity contribution is -0.130. The summed E-state index contributed by atoms with van der Waals surface area (Å²) in [6, 6.07) is 5.85. The number of carbonyl (C=O) groups is 2. The zero-order valence-electron chi connectivity index (χ0n) is 14.0. The molecular weight excluding hydrogens is 308 g/mol. The van der Waals surface area contributed by atoms with E-state index in [1.54, 1.807) is 4.90 Å². The van der Waals surface area contributed by atoms with E-state index in [-0.39, 0.29) is 12.0 Å². The molecule has 0 aliphatic carbocycles. The van der Waals surface area contributed by atoms with Gasteiger partial charge in [-0.15, -0.1) is 0 Å². The lowest BCUT2D eigenvalue weighted by Crippen LogP contribution is -2.37. The lowest BCUT2D eigenvalue weighted by Gasteiger charge is -2.21. The summed E-state index contributed by atoms with van der Waals surface area (Å²) >= 11 is 0. The van der Waals surface area contributed by atoms with Gasteiger partial charge < -0.3 is 19.5 Å². The molecule has 1 aliphatic heterocycles. The van der Waals surface area contributed by atoms with Crippen LogP contribution < -0.4 is 0 Å². The summed E-state index contributed by atoms with van der Waals surface area (Å²) in [5, 5.41) is 0. The lowest BCUT2D eigenvalue weighted by atomic mass is 10.1. The van der Waals surface area contributed by atoms with Crippen molar-refractivity contribution in [3.05, 3.63) is 29.6 Å². The minimum absolute atomic E-state index is 0.0808. The van der Waals surface area contributed by atoms with Crippen molar-refractivity contribution in [3.8, 4) is 0 Å². The number of carbonyl (C=O) groups excluding carboxylic acids is 2. The fourth-order valence-corrected chi connectivity index (χ4v) is 3.06. The van der Waals surface area contributed by atoms with Crippen LogP contribution in [0.3, 0.4) is 0 Å². The zero-order valence-corrected chi connectivity index (χ0v) is 14.0. The number of hydrogen-bond donors (Lipinski definition) is 1. The smallest absolute Gasteiger partial charge is 0.409 e. The quantitative estimate of drug-likeness (QED) is 0.909. The summed E-state index contributed by atoms with van der Waals surface area (Å²) in [6.45, 7) is 4.25. The van der Waals surface area contributed by atoms with Gasteiger partial charge in [0.2, 0.25) is 5.91 Å². The van der Waals surface area contributed by atoms with Crippen LogP contribution in [0.1, 0.15) is 17.8 Å². The monoisotopic (exact) mass is 330 g/mol. The van der Waals surface area contributed by atoms with Gasteiger partial charge in [0.25, 0.3) is 0 Å². The highest BCUT2D eigenvalue weighted by Crippen LogP contribution is 2.15. The summed E-state index contributed by atoms with van der Waals surface area (Å²) < 4.78 is 4.75. The predicted molar refractivity (Wildman–Crippen MR) is 89.7 cm³/mol. The van der Waals surface area contributed by atoms with E-state index in [1.807, 2.05) is 30.0 Å². The van der Waals surface area contributed by atoms with Gasteiger partial charge >= 0.3 is 6.09 Å². The maximum atomic E-state index is 12.6. The van der Waals surface area contributed by atoms with E-state index in [2.05, 4.69) is 9.97 Å². The van der Waals surface area contributed by atoms with Gasteiger partial charge in [-0.2, -0.15) is 0 Å². The molecule has 128 valence electrons. The molecule has 0 unspecified atom stereocenters. The average Bonchev–Trinajstić information content (AvgIpc) is 2.78. The van der Waals surface area contributed by atoms with Crippen LogP contribution in [-0.2, 0) is 16.0 Å². The summed E-state index contributed by atoms with van der Waals surface area (Å²) in [6.07, 6.45) is 0.788. The van der Waals surface area contributed by atoms with E-state index < -0.39 is 0 Å². The number of ether oxygens (including phenoxy) is 1. The highest BCUT2D eigenvalue weighted by molar-refractivity contribution is 5.82. The molecular formula is C17H22N4O3. The second-order valence-electron chi connectivity index (χ2n) is 6.04. The molecule has 1 aromatic heterocycles. The van der Waals surface area contributed by atoms with Crippen LogP contribution in [0.5, 0.6) is 0 Å². The first kappa shape index (κ1) is 16.3. The molecule has 2 heterocycles. The molecule has 1 saturated heterocycles. The zero-order chi connectivity index (χ0) is 17.1. The number of H-pyrrole nitrogens is 1. The number of imidazole rings is 1. The first-order valence-electron chi connectivity index (χ1n) is 8.13. The van der Waals surface area contributed by atoms with Crippen LogP contribution in [-0.4, -0.2) is 65.1 Å². The van der Waals surface area contributed by atoms with Crippen molar-refractivity contribution in [2.75, 3.05) is 33.3 Å². The number of nitrogens with one attached hydrogen (secondary N) is 1. The van der Waals surface area contributed by atoms with E-state index in [0.717, 1.165) is 28.8 Å². The third-order valence-corrected chi connectivity index (χ3v) is 4.30. The van der Waals surface area contributed by atoms with Gasteiger partial charge in [-0.25, -0.2) is 9.78 Å². The first-order valence-corrected chi connectivity index (χ1v) is 8.13. The SMILES string of the molecule is COC(=O)N1CCCN(C(=O)Cc2ccc3nc(C)[nH]c3c2)CC1. The molecule has 3 rings (SSSR count). The topological polar surface area (TPSA) is 78.5 Å². The van der Waals surface area contributed by atoms with Gasteiger partial charge in [-0.05, 0) is 31.0 Å². The average molecular weight is 330 g/mol. The van der Waals surface area contributed by atoms with Crippen LogP contribution in [0.2, 0.25) is 0 Å². The van der Waals surface area contributed by atoms with Gasteiger partial charge in [0.1, 0.15) is 5.82 Å². The number of fused-ring (bicyclic) bond motifs is 1. The summed E-state index contributed by atoms with van der Waals surface area (Å²) in [5.74, 6) is 0.946. The fraction of sp³-hybridized carbons (Fsp3) is 0.471. The Bertz CT molecular complexity index is 755. The molecule has 0 bridgehead atoms. The molecule has 2 amide bonds. The van der Waals surface area contributed by atoms with Crippen molar-refractivity contribution in [3.63, 3.8) is 0 Å². The third-order valence-electron chi connectivity index (χ3n) is 4.30. The third kappa shape index (κ3) is 3.50. The number of amides is 2. The second-order valence-corrected chi connectivity index (χ2v) is 6.04. The van der Waals surface area contributed by atoms with Crippen LogP contribution in [0.15, 0.2) is 18.2 Å². The Hall–Kier alpha value is -2.57. The van der Waals surface area contributed by atoms with Gasteiger partial charge in [-0.3, -0.25) is 4.79 Å². The number of methoxy groups -OCH3 is 1. The Labute approximate surface area is 140 Å². The van der Waals surface area contributed by atoms with Gasteiger partial charge in [0.05, 0.1) is 24.6 Å². The summed E-state index contributed by atoms with van der Waals surface area (Å²) in [7, 11) is 1.38. The Morgan fingerprint density at radius 1 is 1.21 bits per heavy atom. The highest BCUT2D eigenvalue weighted by atomic mass is 16.5. The molecule has 1 N–H and O–H groups in total. The highest BCUT2D eigenvalue weighted by Gasteiger charge is 2.22. The molecule has 1 aliphatic rings. The molecule has 7 nitrogen and oxygen atoms in total. The van der Waals surface area contributed by atoms with Gasteiger partial charge in [0, 0.05) is 26.2 Å². The van der Waals surface area contributed by atoms with Crippen LogP contribution in [0.25, 0.3) is 11.0 Å². The molecule has 0 spiro atoms. The van der Waals surface area contributed by atoms with E-state index in [0.29, 0.717) is 32.6 Å². The van der Waals surface area contributed by atoms with E-state index >= 15 is 0 Å². The Kier molecular flexibility index (Phi) is 4.69. The van der Waals surface area contributed by atoms with Crippen molar-refractivity contribution < 1.29 is 14.3 Å². The number of benzene rings is 1. The normalized spacial score (nSPS) is 15.4. The minimum atomic E-state index is -0.329. The Morgan fingerprint density at radius 3 is 2.75 bits per heavy atom. The number of aromatic amines is 1. The fourth-order valence-electron chi connectivity index (χ4n) is 3.06. The maximum absolute atomic E-state index is 12.6. The molecule has 0 saturated carbocycles. The summed E-state index contributed by atoms with van der Waals surface area (Å²) in [4.78, 5) is 35.2. The predicted octanol–water partition coefficient (Wildman–Crippen LogP) is 1.71. The maximum Gasteiger partial charge on any atom is 0.409 e. The van der Waals surface area contributed by atoms with Crippen molar-refractivity contribution in [2.24, 2.45) is 0 Å². The van der Waals surface area contributed by atoms with Gasteiger partial charge in [-0.1, -0.05) is 6.07 Å². The Balaban J connectivity index is 1.64. The Morgan fingerprint density at radius 2 is 1.96 bits per heavy atom. The number of hydrogen-bond acceptors (Lipinski definition) is 4. The van der Waals surface area contributed by atoms with E-state index in [1.165, 1.54) is 7.11 Å². The number of aromatic nitrogens is 2. The van der Waals surface area contributed by atoms with Crippen molar-refractivity contribution >= 4 is 23.0 Å². The van der Waals surface area contributed by atoms with Crippen molar-refractivity contribution in [1.82, 2.24) is 19.8 Å². The van der Waals surface area contributed by atoms with E-state index in [4.69, 9.17) is 4.74 Å². The standard InChI is InChI=1S/C17H22N4O3/c1-12-18-14-5-4-13(10-15(14)19-12)11-16(22)20-6-3-7-21(9-8-20)17(23)24-2/h4-5,10H,3,6-9,11H2,1-2H3,(H,18,19). The molecule has 2 aromatic rings. The van der Waals surface area contributed by atoms with Crippen LogP contribution in [0, 0.1) is 6.92 Å². The first-order chi connectivity index (χ1) is 11.6. The van der Waals surface area contributed by atoms with Crippen LogP contribution in [0.4, 0.5) is 4.79 Å². The molecule has 7 heteroatoms. The minimum Gasteiger partial charge on any atom is -0.453 e. The largest absolute Gasteiger partial charge is 0.453 e. The number of rotatable bonds is 2. The molecule has 1 fully saturated rings. The second kappa shape index (κ2) is 6.90. The van der Waals surface area contributed by atoms with Gasteiger partial charge in [0.15, 0.2) is 0 Å². The molecule has 1 aromatic carbocycles. The molecule has 0 atom stereocenters. The molecule has 0 radical (unpaired) electrons. The van der Waals surface area contributed by atoms with Crippen LogP contribution >= 0.6 is 0 Å². The molecule has 24 heavy (non-hydrogen) atoms. The number of aryl methyl sites for hydroxylation is 1. The van der Waals surface area contributed by atoms with Crippen molar-refractivity contribution in [1.29, 1.82) is 0 Å². The van der Waals surface area contributed by atoms with E-state index in [9.17, 15) is 9.59 Å². The summed E-state index contributed by atoms with van der Waals surface area (Å²) in [5.41, 5.74) is 2.82. The van der Waals surface area contributed by atoms with Crippen molar-refractivity contribution in [2.45, 2.75) is 19.8 Å². The number of nitrogens with zero attached hydrogens (tertiary/aromatic N) is 3.